The van der Waals surface area contributed by atoms with Crippen LogP contribution in [0, 0.1) is 11.5 Å². The molecule has 0 aliphatic carbocycles. The lowest BCUT2D eigenvalue weighted by molar-refractivity contribution is -0.138. The second-order valence-corrected chi connectivity index (χ2v) is 13.9. The van der Waals surface area contributed by atoms with Crippen LogP contribution in [0.15, 0.2) is 46.0 Å². The Labute approximate surface area is 187 Å². The Morgan fingerprint density at radius 3 is 2.77 bits per heavy atom. The first kappa shape index (κ1) is 22.3. The number of amidine groups is 1. The SMILES string of the molecule is CCOC(=O)C1=C(C)NC(c2nccs2)=NC1c1ccc(Cl)cc1C#C[Si](C)(C)C. The Balaban J connectivity index is 2.18. The molecule has 0 saturated heterocycles. The van der Waals surface area contributed by atoms with Crippen LogP contribution in [0.2, 0.25) is 24.7 Å². The van der Waals surface area contributed by atoms with Crippen LogP contribution in [-0.2, 0) is 9.53 Å². The average molecular weight is 458 g/mol. The van der Waals surface area contributed by atoms with Gasteiger partial charge in [0.1, 0.15) is 14.1 Å². The molecule has 1 unspecified atom stereocenters. The number of thiazole rings is 1. The van der Waals surface area contributed by atoms with E-state index in [9.17, 15) is 4.79 Å². The summed E-state index contributed by atoms with van der Waals surface area (Å²) in [5, 5.41) is 6.46. The Morgan fingerprint density at radius 2 is 2.13 bits per heavy atom. The molecular weight excluding hydrogens is 434 g/mol. The van der Waals surface area contributed by atoms with Crippen molar-refractivity contribution < 1.29 is 9.53 Å². The quantitative estimate of drug-likeness (QED) is 0.400. The average Bonchev–Trinajstić information content (AvgIpc) is 3.20. The molecule has 3 rings (SSSR count). The van der Waals surface area contributed by atoms with Crippen LogP contribution in [0.5, 0.6) is 0 Å². The first-order valence-electron chi connectivity index (χ1n) is 9.65. The van der Waals surface area contributed by atoms with Crippen LogP contribution in [0.1, 0.15) is 36.0 Å². The Kier molecular flexibility index (Phi) is 6.81. The fourth-order valence-electron chi connectivity index (χ4n) is 2.95. The first-order chi connectivity index (χ1) is 14.2. The van der Waals surface area contributed by atoms with Crippen molar-refractivity contribution in [2.24, 2.45) is 4.99 Å². The Morgan fingerprint density at radius 1 is 1.37 bits per heavy atom. The number of carbonyl (C=O) groups is 1. The van der Waals surface area contributed by atoms with Gasteiger partial charge >= 0.3 is 5.97 Å². The number of hydrogen-bond donors (Lipinski definition) is 1. The van der Waals surface area contributed by atoms with Crippen LogP contribution in [-0.4, -0.2) is 31.5 Å². The fraction of sp³-hybridized carbons (Fsp3) is 0.318. The van der Waals surface area contributed by atoms with E-state index in [1.807, 2.05) is 24.4 Å². The summed E-state index contributed by atoms with van der Waals surface area (Å²) < 4.78 is 5.33. The van der Waals surface area contributed by atoms with E-state index in [0.29, 0.717) is 22.1 Å². The first-order valence-corrected chi connectivity index (χ1v) is 14.4. The molecule has 1 aromatic heterocycles. The molecule has 156 valence electrons. The van der Waals surface area contributed by atoms with Gasteiger partial charge in [-0.1, -0.05) is 43.2 Å². The standard InChI is InChI=1S/C22H24ClN3O2SSi/c1-6-28-22(27)18-14(2)25-20(21-24-10-11-29-21)26-19(18)17-8-7-16(23)13-15(17)9-12-30(3,4)5/h7-8,10-11,13,19H,6H2,1-5H3,(H,25,26). The van der Waals surface area contributed by atoms with Crippen molar-refractivity contribution in [2.75, 3.05) is 6.61 Å². The van der Waals surface area contributed by atoms with E-state index in [1.54, 1.807) is 19.2 Å². The molecule has 1 aliphatic heterocycles. The van der Waals surface area contributed by atoms with E-state index in [1.165, 1.54) is 11.3 Å². The fourth-order valence-corrected chi connectivity index (χ4v) is 4.22. The molecule has 0 radical (unpaired) electrons. The van der Waals surface area contributed by atoms with Gasteiger partial charge in [0.15, 0.2) is 10.8 Å². The van der Waals surface area contributed by atoms with Crippen molar-refractivity contribution in [3.8, 4) is 11.5 Å². The summed E-state index contributed by atoms with van der Waals surface area (Å²) in [6.45, 7) is 10.5. The van der Waals surface area contributed by atoms with Crippen LogP contribution in [0.3, 0.4) is 0 Å². The molecular formula is C22H24ClN3O2SSi. The molecule has 1 aliphatic rings. The van der Waals surface area contributed by atoms with Gasteiger partial charge in [-0.25, -0.2) is 9.78 Å². The minimum Gasteiger partial charge on any atom is -0.463 e. The summed E-state index contributed by atoms with van der Waals surface area (Å²) in [4.78, 5) is 22.0. The molecule has 1 N–H and O–H groups in total. The molecule has 0 spiro atoms. The molecule has 2 aromatic rings. The molecule has 2 heterocycles. The number of rotatable bonds is 4. The smallest absolute Gasteiger partial charge is 0.338 e. The highest BCUT2D eigenvalue weighted by Gasteiger charge is 2.32. The third-order valence-electron chi connectivity index (χ3n) is 4.25. The van der Waals surface area contributed by atoms with Crippen LogP contribution >= 0.6 is 22.9 Å². The molecule has 0 saturated carbocycles. The van der Waals surface area contributed by atoms with Gasteiger partial charge in [-0.05, 0) is 31.5 Å². The second kappa shape index (κ2) is 9.17. The van der Waals surface area contributed by atoms with E-state index in [2.05, 4.69) is 41.4 Å². The van der Waals surface area contributed by atoms with Crippen molar-refractivity contribution in [2.45, 2.75) is 39.5 Å². The van der Waals surface area contributed by atoms with Crippen molar-refractivity contribution in [1.29, 1.82) is 0 Å². The van der Waals surface area contributed by atoms with E-state index >= 15 is 0 Å². The zero-order valence-corrected chi connectivity index (χ0v) is 20.2. The van der Waals surface area contributed by atoms with E-state index < -0.39 is 20.1 Å². The van der Waals surface area contributed by atoms with Crippen molar-refractivity contribution in [3.05, 3.63) is 62.2 Å². The lowest BCUT2D eigenvalue weighted by Crippen LogP contribution is -2.33. The lowest BCUT2D eigenvalue weighted by Gasteiger charge is -2.26. The van der Waals surface area contributed by atoms with E-state index in [-0.39, 0.29) is 6.61 Å². The Bertz CT molecular complexity index is 1080. The normalized spacial score (nSPS) is 16.3. The van der Waals surface area contributed by atoms with Gasteiger partial charge < -0.3 is 10.1 Å². The number of hydrogen-bond acceptors (Lipinski definition) is 6. The maximum absolute atomic E-state index is 12.8. The molecule has 0 bridgehead atoms. The van der Waals surface area contributed by atoms with Gasteiger partial charge in [0.2, 0.25) is 0 Å². The summed E-state index contributed by atoms with van der Waals surface area (Å²) in [6.07, 6.45) is 1.73. The number of nitrogens with one attached hydrogen (secondary N) is 1. The highest BCUT2D eigenvalue weighted by Crippen LogP contribution is 2.35. The zero-order valence-electron chi connectivity index (χ0n) is 17.7. The highest BCUT2D eigenvalue weighted by atomic mass is 35.5. The summed E-state index contributed by atoms with van der Waals surface area (Å²) in [5.41, 5.74) is 6.14. The van der Waals surface area contributed by atoms with Crippen LogP contribution in [0.4, 0.5) is 0 Å². The van der Waals surface area contributed by atoms with Gasteiger partial charge in [0.05, 0.1) is 12.2 Å². The summed E-state index contributed by atoms with van der Waals surface area (Å²) in [5.74, 6) is 3.53. The van der Waals surface area contributed by atoms with Gasteiger partial charge in [-0.3, -0.25) is 4.99 Å². The zero-order chi connectivity index (χ0) is 21.9. The van der Waals surface area contributed by atoms with Gasteiger partial charge in [-0.15, -0.1) is 16.9 Å². The van der Waals surface area contributed by atoms with Gasteiger partial charge in [0, 0.05) is 27.9 Å². The number of carbonyl (C=O) groups excluding carboxylic acids is 1. The topological polar surface area (TPSA) is 63.6 Å². The number of benzene rings is 1. The molecule has 0 amide bonds. The maximum Gasteiger partial charge on any atom is 0.338 e. The Hall–Kier alpha value is -2.40. The maximum atomic E-state index is 12.8. The van der Waals surface area contributed by atoms with Crippen molar-refractivity contribution in [1.82, 2.24) is 10.3 Å². The number of ether oxygens (including phenoxy) is 1. The molecule has 5 nitrogen and oxygen atoms in total. The molecule has 8 heteroatoms. The molecule has 1 aromatic carbocycles. The summed E-state index contributed by atoms with van der Waals surface area (Å²) in [6, 6.07) is 4.97. The number of esters is 1. The number of aromatic nitrogens is 1. The van der Waals surface area contributed by atoms with Gasteiger partial charge in [0.25, 0.3) is 0 Å². The predicted molar refractivity (Wildman–Crippen MR) is 126 cm³/mol. The van der Waals surface area contributed by atoms with Gasteiger partial charge in [-0.2, -0.15) is 0 Å². The lowest BCUT2D eigenvalue weighted by atomic mass is 9.92. The number of nitrogens with zero attached hydrogens (tertiary/aromatic N) is 2. The van der Waals surface area contributed by atoms with Crippen molar-refractivity contribution in [3.63, 3.8) is 0 Å². The number of aliphatic imine (C=N–C) groups is 1. The highest BCUT2D eigenvalue weighted by molar-refractivity contribution is 7.11. The van der Waals surface area contributed by atoms with Crippen molar-refractivity contribution >= 4 is 42.8 Å². The minimum atomic E-state index is -1.62. The number of halogens is 1. The van der Waals surface area contributed by atoms with Crippen LogP contribution in [0.25, 0.3) is 0 Å². The molecule has 1 atom stereocenters. The third kappa shape index (κ3) is 5.20. The van der Waals surface area contributed by atoms with E-state index in [4.69, 9.17) is 21.3 Å². The van der Waals surface area contributed by atoms with Crippen LogP contribution < -0.4 is 5.32 Å². The minimum absolute atomic E-state index is 0.286. The third-order valence-corrected chi connectivity index (χ3v) is 6.14. The monoisotopic (exact) mass is 457 g/mol. The second-order valence-electron chi connectivity index (χ2n) is 7.83. The van der Waals surface area contributed by atoms with E-state index in [0.717, 1.165) is 16.1 Å². The summed E-state index contributed by atoms with van der Waals surface area (Å²) in [7, 11) is -1.62. The largest absolute Gasteiger partial charge is 0.463 e. The molecule has 30 heavy (non-hydrogen) atoms. The summed E-state index contributed by atoms with van der Waals surface area (Å²) >= 11 is 7.76. The number of allylic oxidation sites excluding steroid dienone is 1. The molecule has 0 fully saturated rings. The predicted octanol–water partition coefficient (Wildman–Crippen LogP) is 4.95.